The van der Waals surface area contributed by atoms with Gasteiger partial charge in [0, 0.05) is 62.7 Å². The Balaban J connectivity index is 1.50. The number of rotatable bonds is 7. The zero-order valence-corrected chi connectivity index (χ0v) is 21.1. The van der Waals surface area contributed by atoms with Crippen molar-refractivity contribution in [1.82, 2.24) is 19.6 Å². The summed E-state index contributed by atoms with van der Waals surface area (Å²) in [6, 6.07) is 7.29. The lowest BCUT2D eigenvalue weighted by Gasteiger charge is -2.39. The number of likely N-dealkylation sites (tertiary alicyclic amines) is 2. The summed E-state index contributed by atoms with van der Waals surface area (Å²) in [4.78, 5) is 30.1. The van der Waals surface area contributed by atoms with Crippen molar-refractivity contribution in [3.8, 4) is 5.75 Å². The number of halogens is 2. The van der Waals surface area contributed by atoms with Crippen LogP contribution in [0, 0.1) is 5.92 Å². The molecule has 7 nitrogen and oxygen atoms in total. The number of carbonyl (C=O) groups is 2. The summed E-state index contributed by atoms with van der Waals surface area (Å²) in [5, 5.41) is 5.36. The topological polar surface area (TPSA) is 67.7 Å². The summed E-state index contributed by atoms with van der Waals surface area (Å²) in [5.41, 5.74) is 0.269. The first-order chi connectivity index (χ1) is 16.4. The number of aromatic nitrogens is 2. The van der Waals surface area contributed by atoms with E-state index in [-0.39, 0.29) is 29.5 Å². The maximum atomic E-state index is 13.3. The Bertz CT molecular complexity index is 1010. The number of amides is 2. The maximum Gasteiger partial charge on any atom is 0.275 e. The summed E-state index contributed by atoms with van der Waals surface area (Å²) < 4.78 is 8.00. The molecule has 0 unspecified atom stereocenters. The van der Waals surface area contributed by atoms with Gasteiger partial charge >= 0.3 is 0 Å². The number of hydrogen-bond acceptors (Lipinski definition) is 4. The van der Waals surface area contributed by atoms with Crippen LogP contribution in [-0.2, 0) is 11.3 Å². The highest BCUT2D eigenvalue weighted by Gasteiger charge is 2.37. The van der Waals surface area contributed by atoms with Crippen molar-refractivity contribution in [3.63, 3.8) is 0 Å². The number of carbonyl (C=O) groups excluding carboxylic acids is 2. The Morgan fingerprint density at radius 1 is 1.12 bits per heavy atom. The molecule has 2 aliphatic heterocycles. The minimum absolute atomic E-state index is 0.129. The lowest BCUT2D eigenvalue weighted by molar-refractivity contribution is -0.134. The zero-order valence-electron chi connectivity index (χ0n) is 19.6. The molecular formula is C25H32Cl2N4O3. The monoisotopic (exact) mass is 506 g/mol. The predicted molar refractivity (Wildman–Crippen MR) is 132 cm³/mol. The summed E-state index contributed by atoms with van der Waals surface area (Å²) in [5.74, 6) is 0.470. The van der Waals surface area contributed by atoms with Crippen LogP contribution in [0.2, 0.25) is 10.0 Å². The van der Waals surface area contributed by atoms with Crippen molar-refractivity contribution >= 4 is 35.0 Å². The SMILES string of the molecule is CCCn1cc(Cl)c(C(=O)N2CC[C@H](Oc3cccc(Cl)c3)[C@@H](CC(=O)N3CCCCC3)C2)n1. The average molecular weight is 507 g/mol. The van der Waals surface area contributed by atoms with E-state index in [1.807, 2.05) is 24.0 Å². The minimum atomic E-state index is -0.198. The highest BCUT2D eigenvalue weighted by molar-refractivity contribution is 6.33. The van der Waals surface area contributed by atoms with Crippen LogP contribution >= 0.6 is 23.2 Å². The lowest BCUT2D eigenvalue weighted by Crippen LogP contribution is -2.50. The molecule has 34 heavy (non-hydrogen) atoms. The van der Waals surface area contributed by atoms with Gasteiger partial charge in [0.1, 0.15) is 11.9 Å². The van der Waals surface area contributed by atoms with Crippen molar-refractivity contribution in [2.24, 2.45) is 5.92 Å². The largest absolute Gasteiger partial charge is 0.490 e. The fourth-order valence-electron chi connectivity index (χ4n) is 4.79. The Labute approximate surface area is 210 Å². The summed E-state index contributed by atoms with van der Waals surface area (Å²) >= 11 is 12.5. The standard InChI is InChI=1S/C25H32Cl2N4O3/c1-2-10-31-17-21(27)24(28-31)25(33)30-13-9-22(34-20-8-6-7-19(26)15-20)18(16-30)14-23(32)29-11-4-3-5-12-29/h6-8,15,17-18,22H,2-5,9-14,16H2,1H3/t18-,22-/m0/s1. The molecule has 1 aromatic heterocycles. The third-order valence-corrected chi connectivity index (χ3v) is 7.06. The third kappa shape index (κ3) is 6.05. The first-order valence-corrected chi connectivity index (χ1v) is 12.9. The van der Waals surface area contributed by atoms with Crippen LogP contribution < -0.4 is 4.74 Å². The van der Waals surface area contributed by atoms with Gasteiger partial charge in [-0.15, -0.1) is 0 Å². The second kappa shape index (κ2) is 11.5. The quantitative estimate of drug-likeness (QED) is 0.534. The van der Waals surface area contributed by atoms with Crippen molar-refractivity contribution in [3.05, 3.63) is 46.2 Å². The van der Waals surface area contributed by atoms with Crippen LogP contribution in [0.15, 0.2) is 30.5 Å². The molecular weight excluding hydrogens is 475 g/mol. The molecule has 2 amide bonds. The van der Waals surface area contributed by atoms with E-state index >= 15 is 0 Å². The van der Waals surface area contributed by atoms with Crippen molar-refractivity contribution in [1.29, 1.82) is 0 Å². The summed E-state index contributed by atoms with van der Waals surface area (Å²) in [6.45, 7) is 5.29. The second-order valence-electron chi connectivity index (χ2n) is 9.15. The third-order valence-electron chi connectivity index (χ3n) is 6.55. The maximum absolute atomic E-state index is 13.3. The number of nitrogens with zero attached hydrogens (tertiary/aromatic N) is 4. The molecule has 2 atom stereocenters. The van der Waals surface area contributed by atoms with Gasteiger partial charge in [-0.3, -0.25) is 14.3 Å². The molecule has 4 rings (SSSR count). The van der Waals surface area contributed by atoms with E-state index in [4.69, 9.17) is 27.9 Å². The molecule has 2 fully saturated rings. The van der Waals surface area contributed by atoms with E-state index in [0.717, 1.165) is 32.4 Å². The van der Waals surface area contributed by atoms with Crippen LogP contribution in [0.3, 0.4) is 0 Å². The Morgan fingerprint density at radius 2 is 1.91 bits per heavy atom. The van der Waals surface area contributed by atoms with Gasteiger partial charge in [0.15, 0.2) is 5.69 Å². The van der Waals surface area contributed by atoms with Gasteiger partial charge in [-0.2, -0.15) is 5.10 Å². The molecule has 1 aromatic carbocycles. The van der Waals surface area contributed by atoms with Gasteiger partial charge in [0.2, 0.25) is 5.91 Å². The Morgan fingerprint density at radius 3 is 2.65 bits per heavy atom. The molecule has 0 aliphatic carbocycles. The highest BCUT2D eigenvalue weighted by atomic mass is 35.5. The molecule has 2 aromatic rings. The molecule has 0 saturated carbocycles. The molecule has 0 radical (unpaired) electrons. The van der Waals surface area contributed by atoms with Crippen LogP contribution in [0.25, 0.3) is 0 Å². The molecule has 0 N–H and O–H groups in total. The molecule has 3 heterocycles. The first-order valence-electron chi connectivity index (χ1n) is 12.2. The number of aryl methyl sites for hydroxylation is 1. The van der Waals surface area contributed by atoms with Crippen LogP contribution in [0.4, 0.5) is 0 Å². The smallest absolute Gasteiger partial charge is 0.275 e. The molecule has 184 valence electrons. The number of benzene rings is 1. The Kier molecular flexibility index (Phi) is 8.37. The fraction of sp³-hybridized carbons (Fsp3) is 0.560. The van der Waals surface area contributed by atoms with Crippen LogP contribution in [0.5, 0.6) is 5.75 Å². The van der Waals surface area contributed by atoms with Gasteiger partial charge in [0.25, 0.3) is 5.91 Å². The van der Waals surface area contributed by atoms with E-state index in [1.165, 1.54) is 6.42 Å². The van der Waals surface area contributed by atoms with Crippen molar-refractivity contribution in [2.75, 3.05) is 26.2 Å². The van der Waals surface area contributed by atoms with Gasteiger partial charge in [-0.25, -0.2) is 0 Å². The molecule has 0 spiro atoms. The van der Waals surface area contributed by atoms with Gasteiger partial charge in [-0.05, 0) is 43.9 Å². The van der Waals surface area contributed by atoms with Crippen LogP contribution in [0.1, 0.15) is 55.9 Å². The second-order valence-corrected chi connectivity index (χ2v) is 9.99. The normalized spacial score (nSPS) is 20.9. The molecule has 9 heteroatoms. The lowest BCUT2D eigenvalue weighted by atomic mass is 9.90. The predicted octanol–water partition coefficient (Wildman–Crippen LogP) is 4.91. The number of ether oxygens (including phenoxy) is 1. The average Bonchev–Trinajstić information content (AvgIpc) is 3.20. The van der Waals surface area contributed by atoms with E-state index < -0.39 is 0 Å². The highest BCUT2D eigenvalue weighted by Crippen LogP contribution is 2.29. The van der Waals surface area contributed by atoms with Gasteiger partial charge in [-0.1, -0.05) is 36.2 Å². The van der Waals surface area contributed by atoms with E-state index in [9.17, 15) is 9.59 Å². The van der Waals surface area contributed by atoms with E-state index in [1.54, 1.807) is 27.9 Å². The molecule has 2 saturated heterocycles. The molecule has 0 bridgehead atoms. The summed E-state index contributed by atoms with van der Waals surface area (Å²) in [6.07, 6.45) is 6.62. The number of hydrogen-bond donors (Lipinski definition) is 0. The zero-order chi connectivity index (χ0) is 24.1. The van der Waals surface area contributed by atoms with E-state index in [0.29, 0.717) is 48.3 Å². The number of piperidine rings is 2. The van der Waals surface area contributed by atoms with Crippen molar-refractivity contribution in [2.45, 2.75) is 58.1 Å². The first kappa shape index (κ1) is 24.9. The van der Waals surface area contributed by atoms with Crippen molar-refractivity contribution < 1.29 is 14.3 Å². The fourth-order valence-corrected chi connectivity index (χ4v) is 5.21. The van der Waals surface area contributed by atoms with E-state index in [2.05, 4.69) is 5.10 Å². The van der Waals surface area contributed by atoms with Gasteiger partial charge in [0.05, 0.1) is 5.02 Å². The summed E-state index contributed by atoms with van der Waals surface area (Å²) in [7, 11) is 0. The van der Waals surface area contributed by atoms with Gasteiger partial charge < -0.3 is 14.5 Å². The Hall–Kier alpha value is -2.25. The van der Waals surface area contributed by atoms with Crippen LogP contribution in [-0.4, -0.2) is 63.7 Å². The molecule has 2 aliphatic rings. The minimum Gasteiger partial charge on any atom is -0.490 e.